The number of carbonyl (C=O) groups excluding carboxylic acids is 1. The Morgan fingerprint density at radius 2 is 1.64 bits per heavy atom. The average molecular weight is 360 g/mol. The molecule has 0 saturated heterocycles. The van der Waals surface area contributed by atoms with E-state index in [-0.39, 0.29) is 22.8 Å². The molecule has 1 atom stereocenters. The average Bonchev–Trinajstić information content (AvgIpc) is 2.55. The molecule has 0 saturated carbocycles. The second-order valence-corrected chi connectivity index (χ2v) is 8.11. The fourth-order valence-corrected chi connectivity index (χ4v) is 3.53. The Kier molecular flexibility index (Phi) is 5.85. The number of rotatable bonds is 6. The minimum absolute atomic E-state index is 0.00342. The predicted molar refractivity (Wildman–Crippen MR) is 100 cm³/mol. The van der Waals surface area contributed by atoms with E-state index in [1.165, 1.54) is 6.07 Å². The van der Waals surface area contributed by atoms with Gasteiger partial charge in [0.05, 0.1) is 4.90 Å². The third kappa shape index (κ3) is 4.82. The first-order valence-corrected chi connectivity index (χ1v) is 9.68. The van der Waals surface area contributed by atoms with Crippen LogP contribution in [0, 0.1) is 12.8 Å². The van der Waals surface area contributed by atoms with Gasteiger partial charge in [-0.2, -0.15) is 0 Å². The molecule has 6 heteroatoms. The number of carbonyl (C=O) groups is 1. The molecule has 0 aromatic heterocycles. The number of amides is 1. The van der Waals surface area contributed by atoms with E-state index in [1.54, 1.807) is 43.3 Å². The summed E-state index contributed by atoms with van der Waals surface area (Å²) in [6.07, 6.45) is 0. The maximum atomic E-state index is 12.7. The Morgan fingerprint density at radius 1 is 1.00 bits per heavy atom. The highest BCUT2D eigenvalue weighted by atomic mass is 32.2. The number of anilines is 1. The van der Waals surface area contributed by atoms with Crippen molar-refractivity contribution in [2.24, 2.45) is 5.92 Å². The van der Waals surface area contributed by atoms with Gasteiger partial charge < -0.3 is 5.32 Å². The van der Waals surface area contributed by atoms with Crippen LogP contribution in [0.4, 0.5) is 5.69 Å². The first-order chi connectivity index (χ1) is 11.7. The normalized spacial score (nSPS) is 12.7. The molecular weight excluding hydrogens is 336 g/mol. The lowest BCUT2D eigenvalue weighted by atomic mass is 10.1. The Morgan fingerprint density at radius 3 is 2.24 bits per heavy atom. The highest BCUT2D eigenvalue weighted by Gasteiger charge is 2.20. The van der Waals surface area contributed by atoms with Gasteiger partial charge in [-0.3, -0.25) is 9.52 Å². The molecule has 2 aromatic rings. The summed E-state index contributed by atoms with van der Waals surface area (Å²) in [6.45, 7) is 7.66. The summed E-state index contributed by atoms with van der Waals surface area (Å²) in [5, 5.41) is 2.89. The van der Waals surface area contributed by atoms with Gasteiger partial charge in [-0.05, 0) is 49.6 Å². The van der Waals surface area contributed by atoms with Crippen LogP contribution in [0.3, 0.4) is 0 Å². The van der Waals surface area contributed by atoms with Crippen LogP contribution in [-0.2, 0) is 10.0 Å². The lowest BCUT2D eigenvalue weighted by Crippen LogP contribution is -2.36. The summed E-state index contributed by atoms with van der Waals surface area (Å²) in [7, 11) is -3.77. The van der Waals surface area contributed by atoms with Crippen molar-refractivity contribution in [1.29, 1.82) is 0 Å². The maximum Gasteiger partial charge on any atom is 0.262 e. The first-order valence-electron chi connectivity index (χ1n) is 8.20. The number of hydrogen-bond donors (Lipinski definition) is 2. The van der Waals surface area contributed by atoms with E-state index in [2.05, 4.69) is 10.0 Å². The van der Waals surface area contributed by atoms with E-state index in [0.717, 1.165) is 0 Å². The van der Waals surface area contributed by atoms with E-state index in [0.29, 0.717) is 16.8 Å². The van der Waals surface area contributed by atoms with Gasteiger partial charge in [0.15, 0.2) is 0 Å². The van der Waals surface area contributed by atoms with Gasteiger partial charge in [0.2, 0.25) is 0 Å². The second-order valence-electron chi connectivity index (χ2n) is 6.46. The van der Waals surface area contributed by atoms with Crippen molar-refractivity contribution in [3.05, 3.63) is 59.7 Å². The minimum Gasteiger partial charge on any atom is -0.349 e. The Bertz CT molecular complexity index is 846. The lowest BCUT2D eigenvalue weighted by molar-refractivity contribution is 0.0930. The van der Waals surface area contributed by atoms with Gasteiger partial charge in [0.1, 0.15) is 0 Å². The van der Waals surface area contributed by atoms with E-state index in [1.807, 2.05) is 26.8 Å². The zero-order valence-electron chi connectivity index (χ0n) is 14.9. The second kappa shape index (κ2) is 7.70. The molecule has 5 nitrogen and oxygen atoms in total. The van der Waals surface area contributed by atoms with Crippen LogP contribution in [0.15, 0.2) is 53.4 Å². The van der Waals surface area contributed by atoms with Crippen LogP contribution >= 0.6 is 0 Å². The fraction of sp³-hybridized carbons (Fsp3) is 0.316. The number of sulfonamides is 1. The molecule has 25 heavy (non-hydrogen) atoms. The molecular formula is C19H24N2O3S. The molecule has 2 rings (SSSR count). The molecule has 0 bridgehead atoms. The molecule has 0 spiro atoms. The summed E-state index contributed by atoms with van der Waals surface area (Å²) >= 11 is 0. The molecule has 2 N–H and O–H groups in total. The van der Waals surface area contributed by atoms with Crippen LogP contribution in [0.1, 0.15) is 36.7 Å². The number of nitrogens with one attached hydrogen (secondary N) is 2. The molecule has 1 unspecified atom stereocenters. The van der Waals surface area contributed by atoms with Crippen LogP contribution in [0.2, 0.25) is 0 Å². The minimum atomic E-state index is -3.77. The van der Waals surface area contributed by atoms with Crippen LogP contribution in [0.5, 0.6) is 0 Å². The van der Waals surface area contributed by atoms with E-state index >= 15 is 0 Å². The molecule has 0 heterocycles. The summed E-state index contributed by atoms with van der Waals surface area (Å²) in [5.74, 6) is 0.00899. The summed E-state index contributed by atoms with van der Waals surface area (Å²) in [5.41, 5.74) is 1.38. The fourth-order valence-electron chi connectivity index (χ4n) is 2.20. The summed E-state index contributed by atoms with van der Waals surface area (Å²) in [4.78, 5) is 12.5. The lowest BCUT2D eigenvalue weighted by Gasteiger charge is -2.18. The van der Waals surface area contributed by atoms with Crippen molar-refractivity contribution in [2.75, 3.05) is 4.72 Å². The standard InChI is InChI=1S/C19H24N2O3S/c1-13(2)15(4)20-19(22)16-11-10-14(3)18(12-16)25(23,24)21-17-8-6-5-7-9-17/h5-13,15,21H,1-4H3,(H,20,22). The number of aryl methyl sites for hydroxylation is 1. The van der Waals surface area contributed by atoms with E-state index in [9.17, 15) is 13.2 Å². The highest BCUT2D eigenvalue weighted by molar-refractivity contribution is 7.92. The predicted octanol–water partition coefficient (Wildman–Crippen LogP) is 3.57. The van der Waals surface area contributed by atoms with Crippen molar-refractivity contribution in [3.63, 3.8) is 0 Å². The SMILES string of the molecule is Cc1ccc(C(=O)NC(C)C(C)C)cc1S(=O)(=O)Nc1ccccc1. The Labute approximate surface area is 149 Å². The third-order valence-corrected chi connectivity index (χ3v) is 5.65. The number of para-hydroxylation sites is 1. The zero-order valence-corrected chi connectivity index (χ0v) is 15.7. The van der Waals surface area contributed by atoms with Gasteiger partial charge in [-0.15, -0.1) is 0 Å². The van der Waals surface area contributed by atoms with Crippen LogP contribution < -0.4 is 10.0 Å². The van der Waals surface area contributed by atoms with E-state index in [4.69, 9.17) is 0 Å². The smallest absolute Gasteiger partial charge is 0.262 e. The van der Waals surface area contributed by atoms with Gasteiger partial charge in [0, 0.05) is 17.3 Å². The van der Waals surface area contributed by atoms with Crippen LogP contribution in [0.25, 0.3) is 0 Å². The summed E-state index contributed by atoms with van der Waals surface area (Å²) in [6, 6.07) is 13.4. The molecule has 2 aromatic carbocycles. The summed E-state index contributed by atoms with van der Waals surface area (Å²) < 4.78 is 27.9. The quantitative estimate of drug-likeness (QED) is 0.827. The molecule has 134 valence electrons. The van der Waals surface area contributed by atoms with Crippen molar-refractivity contribution < 1.29 is 13.2 Å². The highest BCUT2D eigenvalue weighted by Crippen LogP contribution is 2.21. The van der Waals surface area contributed by atoms with Crippen molar-refractivity contribution >= 4 is 21.6 Å². The molecule has 0 aliphatic heterocycles. The van der Waals surface area contributed by atoms with Gasteiger partial charge in [-0.25, -0.2) is 8.42 Å². The first kappa shape index (κ1) is 19.0. The monoisotopic (exact) mass is 360 g/mol. The molecule has 1 amide bonds. The molecule has 0 aliphatic carbocycles. The number of benzene rings is 2. The van der Waals surface area contributed by atoms with Crippen molar-refractivity contribution in [2.45, 2.75) is 38.6 Å². The number of hydrogen-bond acceptors (Lipinski definition) is 3. The van der Waals surface area contributed by atoms with Gasteiger partial charge in [-0.1, -0.05) is 38.1 Å². The molecule has 0 fully saturated rings. The van der Waals surface area contributed by atoms with Crippen molar-refractivity contribution in [1.82, 2.24) is 5.32 Å². The maximum absolute atomic E-state index is 12.7. The topological polar surface area (TPSA) is 75.3 Å². The third-order valence-electron chi connectivity index (χ3n) is 4.12. The zero-order chi connectivity index (χ0) is 18.6. The Balaban J connectivity index is 2.31. The molecule has 0 aliphatic rings. The largest absolute Gasteiger partial charge is 0.349 e. The Hall–Kier alpha value is -2.34. The van der Waals surface area contributed by atoms with Crippen LogP contribution in [-0.4, -0.2) is 20.4 Å². The van der Waals surface area contributed by atoms with Crippen molar-refractivity contribution in [3.8, 4) is 0 Å². The van der Waals surface area contributed by atoms with Gasteiger partial charge >= 0.3 is 0 Å². The van der Waals surface area contributed by atoms with E-state index < -0.39 is 10.0 Å². The van der Waals surface area contributed by atoms with Gasteiger partial charge in [0.25, 0.3) is 15.9 Å². The molecule has 0 radical (unpaired) electrons.